The molecule has 0 saturated heterocycles. The molecule has 0 unspecified atom stereocenters. The molecule has 2 aromatic carbocycles. The summed E-state index contributed by atoms with van der Waals surface area (Å²) in [6.45, 7) is 0. The molecule has 2 aromatic rings. The first-order chi connectivity index (χ1) is 7.75. The summed E-state index contributed by atoms with van der Waals surface area (Å²) >= 11 is 0. The van der Waals surface area contributed by atoms with Gasteiger partial charge in [-0.1, -0.05) is 18.2 Å². The zero-order valence-electron chi connectivity index (χ0n) is 8.47. The van der Waals surface area contributed by atoms with Crippen LogP contribution < -0.4 is 0 Å². The highest BCUT2D eigenvalue weighted by Crippen LogP contribution is 2.17. The first-order valence-corrected chi connectivity index (χ1v) is 4.83. The predicted molar refractivity (Wildman–Crippen MR) is 61.8 cm³/mol. The second-order valence-electron chi connectivity index (χ2n) is 3.30. The number of aliphatic imine (C=N–C) groups is 1. The minimum Gasteiger partial charge on any atom is -0.507 e. The van der Waals surface area contributed by atoms with Crippen LogP contribution in [0.25, 0.3) is 0 Å². The lowest BCUT2D eigenvalue weighted by molar-refractivity contribution is 0.472. The number of phenolic OH excluding ortho intramolecular Hbond substituents is 1. The molecule has 3 heteroatoms. The van der Waals surface area contributed by atoms with Crippen molar-refractivity contribution >= 4 is 11.9 Å². The molecule has 0 heterocycles. The van der Waals surface area contributed by atoms with Gasteiger partial charge in [-0.2, -0.15) is 0 Å². The van der Waals surface area contributed by atoms with Gasteiger partial charge in [0.05, 0.1) is 5.69 Å². The Labute approximate surface area is 92.7 Å². The highest BCUT2D eigenvalue weighted by Gasteiger charge is 1.99. The van der Waals surface area contributed by atoms with Gasteiger partial charge in [0.15, 0.2) is 0 Å². The number of rotatable bonds is 2. The molecular formula is C13H10FNO. The first-order valence-electron chi connectivity index (χ1n) is 4.83. The molecule has 80 valence electrons. The largest absolute Gasteiger partial charge is 0.507 e. The third-order valence-corrected chi connectivity index (χ3v) is 2.10. The molecule has 2 nitrogen and oxygen atoms in total. The van der Waals surface area contributed by atoms with Gasteiger partial charge in [0.2, 0.25) is 0 Å². The Morgan fingerprint density at radius 1 is 1.06 bits per heavy atom. The van der Waals surface area contributed by atoms with E-state index in [9.17, 15) is 9.50 Å². The van der Waals surface area contributed by atoms with E-state index in [2.05, 4.69) is 4.99 Å². The Kier molecular flexibility index (Phi) is 2.96. The van der Waals surface area contributed by atoms with Crippen LogP contribution in [-0.2, 0) is 0 Å². The van der Waals surface area contributed by atoms with Crippen molar-refractivity contribution < 1.29 is 9.50 Å². The van der Waals surface area contributed by atoms with Gasteiger partial charge in [0, 0.05) is 11.8 Å². The zero-order chi connectivity index (χ0) is 11.4. The number of aromatic hydroxyl groups is 1. The van der Waals surface area contributed by atoms with Gasteiger partial charge >= 0.3 is 0 Å². The molecule has 0 amide bonds. The molecule has 0 aromatic heterocycles. The average molecular weight is 215 g/mol. The molecule has 0 aliphatic carbocycles. The summed E-state index contributed by atoms with van der Waals surface area (Å²) in [5, 5.41) is 9.46. The second kappa shape index (κ2) is 4.57. The third-order valence-electron chi connectivity index (χ3n) is 2.10. The fraction of sp³-hybridized carbons (Fsp3) is 0. The summed E-state index contributed by atoms with van der Waals surface area (Å²) < 4.78 is 12.9. The van der Waals surface area contributed by atoms with E-state index < -0.39 is 5.82 Å². The molecule has 0 bridgehead atoms. The van der Waals surface area contributed by atoms with E-state index in [0.29, 0.717) is 5.56 Å². The molecule has 0 atom stereocenters. The average Bonchev–Trinajstić information content (AvgIpc) is 2.32. The first kappa shape index (κ1) is 10.4. The Morgan fingerprint density at radius 3 is 2.56 bits per heavy atom. The highest BCUT2D eigenvalue weighted by atomic mass is 19.1. The molecule has 1 N–H and O–H groups in total. The summed E-state index contributed by atoms with van der Waals surface area (Å²) in [6, 6.07) is 13.0. The minimum absolute atomic E-state index is 0.0149. The standard InChI is InChI=1S/C13H10FNO/c14-11-6-7-13(16)10(8-11)9-15-12-4-2-1-3-5-12/h1-9,16H/b15-9+. The summed E-state index contributed by atoms with van der Waals surface area (Å²) in [4.78, 5) is 4.13. The molecule has 0 aliphatic rings. The molecule has 0 radical (unpaired) electrons. The maximum Gasteiger partial charge on any atom is 0.124 e. The van der Waals surface area contributed by atoms with Crippen LogP contribution in [-0.4, -0.2) is 11.3 Å². The van der Waals surface area contributed by atoms with Crippen LogP contribution in [0, 0.1) is 5.82 Å². The summed E-state index contributed by atoms with van der Waals surface area (Å²) in [5.41, 5.74) is 1.12. The van der Waals surface area contributed by atoms with Crippen molar-refractivity contribution in [3.63, 3.8) is 0 Å². The lowest BCUT2D eigenvalue weighted by Gasteiger charge is -1.98. The van der Waals surface area contributed by atoms with Crippen LogP contribution in [0.5, 0.6) is 5.75 Å². The van der Waals surface area contributed by atoms with Gasteiger partial charge in [-0.05, 0) is 30.3 Å². The molecule has 2 rings (SSSR count). The minimum atomic E-state index is -0.396. The van der Waals surface area contributed by atoms with Crippen LogP contribution in [0.15, 0.2) is 53.5 Å². The van der Waals surface area contributed by atoms with E-state index >= 15 is 0 Å². The van der Waals surface area contributed by atoms with Gasteiger partial charge in [0.25, 0.3) is 0 Å². The van der Waals surface area contributed by atoms with Gasteiger partial charge in [-0.15, -0.1) is 0 Å². The van der Waals surface area contributed by atoms with Crippen molar-refractivity contribution in [1.29, 1.82) is 0 Å². The Balaban J connectivity index is 2.27. The van der Waals surface area contributed by atoms with Crippen molar-refractivity contribution in [2.24, 2.45) is 4.99 Å². The maximum absolute atomic E-state index is 12.9. The van der Waals surface area contributed by atoms with Crippen molar-refractivity contribution in [3.8, 4) is 5.75 Å². The van der Waals surface area contributed by atoms with Gasteiger partial charge in [-0.3, -0.25) is 4.99 Å². The number of phenols is 1. The lowest BCUT2D eigenvalue weighted by Crippen LogP contribution is -1.84. The predicted octanol–water partition coefficient (Wildman–Crippen LogP) is 3.28. The Bertz CT molecular complexity index is 509. The number of para-hydroxylation sites is 1. The molecule has 0 saturated carbocycles. The van der Waals surface area contributed by atoms with E-state index in [1.54, 1.807) is 0 Å². The van der Waals surface area contributed by atoms with E-state index in [1.807, 2.05) is 30.3 Å². The normalized spacial score (nSPS) is 10.8. The topological polar surface area (TPSA) is 32.6 Å². The van der Waals surface area contributed by atoms with E-state index in [-0.39, 0.29) is 5.75 Å². The fourth-order valence-electron chi connectivity index (χ4n) is 1.29. The molecule has 0 spiro atoms. The van der Waals surface area contributed by atoms with Crippen LogP contribution in [0.1, 0.15) is 5.56 Å². The lowest BCUT2D eigenvalue weighted by atomic mass is 10.2. The molecule has 0 fully saturated rings. The SMILES string of the molecule is Oc1ccc(F)cc1/C=N/c1ccccc1. The summed E-state index contributed by atoms with van der Waals surface area (Å²) in [7, 11) is 0. The molecular weight excluding hydrogens is 205 g/mol. The van der Waals surface area contributed by atoms with E-state index in [0.717, 1.165) is 5.69 Å². The molecule has 16 heavy (non-hydrogen) atoms. The fourth-order valence-corrected chi connectivity index (χ4v) is 1.29. The smallest absolute Gasteiger partial charge is 0.124 e. The molecule has 0 aliphatic heterocycles. The quantitative estimate of drug-likeness (QED) is 0.766. The second-order valence-corrected chi connectivity index (χ2v) is 3.30. The monoisotopic (exact) mass is 215 g/mol. The summed E-state index contributed by atoms with van der Waals surface area (Å²) in [5.74, 6) is -0.381. The van der Waals surface area contributed by atoms with Gasteiger partial charge in [-0.25, -0.2) is 4.39 Å². The van der Waals surface area contributed by atoms with Crippen LogP contribution in [0.3, 0.4) is 0 Å². The van der Waals surface area contributed by atoms with Crippen LogP contribution in [0.2, 0.25) is 0 Å². The van der Waals surface area contributed by atoms with E-state index in [1.165, 1.54) is 24.4 Å². The summed E-state index contributed by atoms with van der Waals surface area (Å²) in [6.07, 6.45) is 1.44. The Hall–Kier alpha value is -2.16. The van der Waals surface area contributed by atoms with Crippen molar-refractivity contribution in [2.45, 2.75) is 0 Å². The van der Waals surface area contributed by atoms with Gasteiger partial charge < -0.3 is 5.11 Å². The van der Waals surface area contributed by atoms with Gasteiger partial charge in [0.1, 0.15) is 11.6 Å². The van der Waals surface area contributed by atoms with Crippen molar-refractivity contribution in [3.05, 3.63) is 59.9 Å². The van der Waals surface area contributed by atoms with E-state index in [4.69, 9.17) is 0 Å². The number of benzene rings is 2. The third kappa shape index (κ3) is 2.45. The highest BCUT2D eigenvalue weighted by molar-refractivity contribution is 5.85. The Morgan fingerprint density at radius 2 is 1.81 bits per heavy atom. The van der Waals surface area contributed by atoms with Crippen LogP contribution in [0.4, 0.5) is 10.1 Å². The van der Waals surface area contributed by atoms with Crippen LogP contribution >= 0.6 is 0 Å². The number of hydrogen-bond acceptors (Lipinski definition) is 2. The number of hydrogen-bond donors (Lipinski definition) is 1. The maximum atomic E-state index is 12.9. The van der Waals surface area contributed by atoms with Crippen molar-refractivity contribution in [1.82, 2.24) is 0 Å². The number of nitrogens with zero attached hydrogens (tertiary/aromatic N) is 1. The van der Waals surface area contributed by atoms with Crippen molar-refractivity contribution in [2.75, 3.05) is 0 Å². The number of halogens is 1. The zero-order valence-corrected chi connectivity index (χ0v) is 8.47.